The van der Waals surface area contributed by atoms with E-state index in [4.69, 9.17) is 0 Å². The van der Waals surface area contributed by atoms with Crippen molar-refractivity contribution in [2.45, 2.75) is 13.3 Å². The van der Waals surface area contributed by atoms with Crippen LogP contribution in [0.2, 0.25) is 0 Å². The second-order valence-electron chi connectivity index (χ2n) is 3.11. The SMILES string of the molecule is CC(=O)C=C1Cc2ccccc21. The highest BCUT2D eigenvalue weighted by atomic mass is 16.1. The number of rotatable bonds is 1. The first-order chi connectivity index (χ1) is 5.77. The molecule has 0 aromatic heterocycles. The fourth-order valence-corrected chi connectivity index (χ4v) is 1.56. The van der Waals surface area contributed by atoms with Crippen molar-refractivity contribution in [3.05, 3.63) is 41.5 Å². The molecule has 12 heavy (non-hydrogen) atoms. The first-order valence-electron chi connectivity index (χ1n) is 4.07. The molecule has 1 nitrogen and oxygen atoms in total. The first-order valence-corrected chi connectivity index (χ1v) is 4.07. The van der Waals surface area contributed by atoms with Crippen LogP contribution in [0.1, 0.15) is 18.1 Å². The van der Waals surface area contributed by atoms with Gasteiger partial charge in [0.2, 0.25) is 0 Å². The lowest BCUT2D eigenvalue weighted by atomic mass is 9.82. The Balaban J connectivity index is 2.37. The quantitative estimate of drug-likeness (QED) is 0.573. The van der Waals surface area contributed by atoms with E-state index in [9.17, 15) is 4.79 Å². The molecule has 1 aliphatic carbocycles. The highest BCUT2D eigenvalue weighted by Gasteiger charge is 2.17. The average molecular weight is 158 g/mol. The molecule has 0 atom stereocenters. The molecule has 60 valence electrons. The molecule has 0 N–H and O–H groups in total. The Bertz CT molecular complexity index is 361. The van der Waals surface area contributed by atoms with Gasteiger partial charge in [0.1, 0.15) is 0 Å². The van der Waals surface area contributed by atoms with E-state index >= 15 is 0 Å². The standard InChI is InChI=1S/C11H10O/c1-8(12)6-10-7-9-4-2-3-5-11(9)10/h2-6H,7H2,1H3. The van der Waals surface area contributed by atoms with Crippen LogP contribution in [0.15, 0.2) is 30.3 Å². The molecule has 1 aromatic carbocycles. The normalized spacial score (nSPS) is 16.9. The predicted octanol–water partition coefficient (Wildman–Crippen LogP) is 2.22. The molecule has 1 aliphatic rings. The topological polar surface area (TPSA) is 17.1 Å². The van der Waals surface area contributed by atoms with Gasteiger partial charge in [-0.05, 0) is 36.1 Å². The Morgan fingerprint density at radius 2 is 2.17 bits per heavy atom. The van der Waals surface area contributed by atoms with Gasteiger partial charge in [0, 0.05) is 0 Å². The minimum atomic E-state index is 0.138. The smallest absolute Gasteiger partial charge is 0.152 e. The summed E-state index contributed by atoms with van der Waals surface area (Å²) in [6.45, 7) is 1.59. The summed E-state index contributed by atoms with van der Waals surface area (Å²) in [5.74, 6) is 0.138. The van der Waals surface area contributed by atoms with Crippen molar-refractivity contribution < 1.29 is 4.79 Å². The summed E-state index contributed by atoms with van der Waals surface area (Å²) in [6, 6.07) is 8.20. The molecule has 0 unspecified atom stereocenters. The van der Waals surface area contributed by atoms with E-state index < -0.39 is 0 Å². The molecule has 0 saturated carbocycles. The summed E-state index contributed by atoms with van der Waals surface area (Å²) < 4.78 is 0. The van der Waals surface area contributed by atoms with Gasteiger partial charge in [-0.15, -0.1) is 0 Å². The molecule has 1 aromatic rings. The number of ketones is 1. The number of allylic oxidation sites excluding steroid dienone is 2. The van der Waals surface area contributed by atoms with Crippen LogP contribution in [0.4, 0.5) is 0 Å². The van der Waals surface area contributed by atoms with Gasteiger partial charge in [-0.1, -0.05) is 24.3 Å². The average Bonchev–Trinajstić information content (AvgIpc) is 2.00. The number of benzene rings is 1. The van der Waals surface area contributed by atoms with Crippen LogP contribution >= 0.6 is 0 Å². The largest absolute Gasteiger partial charge is 0.295 e. The Kier molecular flexibility index (Phi) is 1.58. The molecule has 0 aliphatic heterocycles. The Morgan fingerprint density at radius 3 is 2.83 bits per heavy atom. The molecular formula is C11H10O. The summed E-state index contributed by atoms with van der Waals surface area (Å²) in [6.07, 6.45) is 2.68. The van der Waals surface area contributed by atoms with E-state index in [-0.39, 0.29) is 5.78 Å². The van der Waals surface area contributed by atoms with E-state index in [0.717, 1.165) is 6.42 Å². The minimum Gasteiger partial charge on any atom is -0.295 e. The van der Waals surface area contributed by atoms with Crippen LogP contribution in [0.5, 0.6) is 0 Å². The second-order valence-corrected chi connectivity index (χ2v) is 3.11. The molecule has 0 spiro atoms. The first kappa shape index (κ1) is 7.29. The molecule has 0 radical (unpaired) electrons. The second kappa shape index (κ2) is 2.59. The van der Waals surface area contributed by atoms with Crippen LogP contribution in [-0.4, -0.2) is 5.78 Å². The zero-order valence-electron chi connectivity index (χ0n) is 7.00. The number of fused-ring (bicyclic) bond motifs is 1. The van der Waals surface area contributed by atoms with Crippen LogP contribution in [0.25, 0.3) is 5.57 Å². The molecule has 1 heteroatoms. The number of carbonyl (C=O) groups is 1. The Labute approximate surface area is 71.7 Å². The minimum absolute atomic E-state index is 0.138. The molecular weight excluding hydrogens is 148 g/mol. The molecule has 0 saturated heterocycles. The third kappa shape index (κ3) is 1.07. The number of carbonyl (C=O) groups excluding carboxylic acids is 1. The monoisotopic (exact) mass is 158 g/mol. The van der Waals surface area contributed by atoms with Crippen molar-refractivity contribution in [1.29, 1.82) is 0 Å². The van der Waals surface area contributed by atoms with Crippen LogP contribution in [0, 0.1) is 0 Å². The fourth-order valence-electron chi connectivity index (χ4n) is 1.56. The summed E-state index contributed by atoms with van der Waals surface area (Å²) in [4.78, 5) is 10.8. The highest BCUT2D eigenvalue weighted by molar-refractivity contribution is 5.98. The molecule has 0 fully saturated rings. The Hall–Kier alpha value is -1.37. The van der Waals surface area contributed by atoms with Crippen molar-refractivity contribution in [3.63, 3.8) is 0 Å². The lowest BCUT2D eigenvalue weighted by molar-refractivity contribution is -0.112. The van der Waals surface area contributed by atoms with Gasteiger partial charge in [0.05, 0.1) is 0 Å². The van der Waals surface area contributed by atoms with Crippen molar-refractivity contribution in [3.8, 4) is 0 Å². The summed E-state index contributed by atoms with van der Waals surface area (Å²) in [5, 5.41) is 0. The van der Waals surface area contributed by atoms with Crippen LogP contribution in [0.3, 0.4) is 0 Å². The highest BCUT2D eigenvalue weighted by Crippen LogP contribution is 2.33. The van der Waals surface area contributed by atoms with Gasteiger partial charge < -0.3 is 0 Å². The fraction of sp³-hybridized carbons (Fsp3) is 0.182. The third-order valence-electron chi connectivity index (χ3n) is 2.12. The van der Waals surface area contributed by atoms with Crippen LogP contribution < -0.4 is 0 Å². The third-order valence-corrected chi connectivity index (χ3v) is 2.12. The van der Waals surface area contributed by atoms with Gasteiger partial charge in [0.25, 0.3) is 0 Å². The molecule has 0 heterocycles. The lowest BCUT2D eigenvalue weighted by Crippen LogP contribution is -2.07. The van der Waals surface area contributed by atoms with E-state index in [1.807, 2.05) is 12.1 Å². The Morgan fingerprint density at radius 1 is 1.42 bits per heavy atom. The maximum Gasteiger partial charge on any atom is 0.152 e. The number of hydrogen-bond acceptors (Lipinski definition) is 1. The number of hydrogen-bond donors (Lipinski definition) is 0. The van der Waals surface area contributed by atoms with Gasteiger partial charge >= 0.3 is 0 Å². The zero-order chi connectivity index (χ0) is 8.55. The lowest BCUT2D eigenvalue weighted by Gasteiger charge is -2.21. The van der Waals surface area contributed by atoms with E-state index in [1.165, 1.54) is 16.7 Å². The van der Waals surface area contributed by atoms with E-state index in [1.54, 1.807) is 13.0 Å². The maximum absolute atomic E-state index is 10.8. The zero-order valence-corrected chi connectivity index (χ0v) is 7.00. The van der Waals surface area contributed by atoms with Crippen molar-refractivity contribution in [1.82, 2.24) is 0 Å². The van der Waals surface area contributed by atoms with Crippen LogP contribution in [-0.2, 0) is 11.2 Å². The van der Waals surface area contributed by atoms with Crippen molar-refractivity contribution in [2.75, 3.05) is 0 Å². The summed E-state index contributed by atoms with van der Waals surface area (Å²) >= 11 is 0. The maximum atomic E-state index is 10.8. The van der Waals surface area contributed by atoms with Crippen molar-refractivity contribution >= 4 is 11.4 Å². The summed E-state index contributed by atoms with van der Waals surface area (Å²) in [7, 11) is 0. The van der Waals surface area contributed by atoms with Gasteiger partial charge in [0.15, 0.2) is 5.78 Å². The molecule has 0 bridgehead atoms. The predicted molar refractivity (Wildman–Crippen MR) is 48.8 cm³/mol. The molecule has 0 amide bonds. The van der Waals surface area contributed by atoms with E-state index in [2.05, 4.69) is 12.1 Å². The summed E-state index contributed by atoms with van der Waals surface area (Å²) in [5.41, 5.74) is 3.77. The van der Waals surface area contributed by atoms with E-state index in [0.29, 0.717) is 0 Å². The van der Waals surface area contributed by atoms with Gasteiger partial charge in [-0.25, -0.2) is 0 Å². The van der Waals surface area contributed by atoms with Gasteiger partial charge in [-0.2, -0.15) is 0 Å². The molecule has 2 rings (SSSR count). The van der Waals surface area contributed by atoms with Gasteiger partial charge in [-0.3, -0.25) is 4.79 Å². The van der Waals surface area contributed by atoms with Crippen molar-refractivity contribution in [2.24, 2.45) is 0 Å².